The maximum absolute atomic E-state index is 12.5. The molecule has 1 aliphatic heterocycles. The highest BCUT2D eigenvalue weighted by Gasteiger charge is 2.27. The van der Waals surface area contributed by atoms with Crippen LogP contribution in [-0.2, 0) is 28.4 Å². The van der Waals surface area contributed by atoms with E-state index in [2.05, 4.69) is 5.10 Å². The maximum Gasteiger partial charge on any atom is 0.241 e. The number of hydrogen-bond acceptors (Lipinski definition) is 5. The van der Waals surface area contributed by atoms with Crippen molar-refractivity contribution in [1.82, 2.24) is 19.0 Å². The molecule has 0 bridgehead atoms. The SMILES string of the molecule is Cn1cc(N2CCN(CCN(Cc3ccccc3)S(C)(=O)=O)CC2=O)cn1. The van der Waals surface area contributed by atoms with Crippen molar-refractivity contribution in [3.05, 3.63) is 48.3 Å². The van der Waals surface area contributed by atoms with E-state index in [0.717, 1.165) is 11.3 Å². The van der Waals surface area contributed by atoms with E-state index in [0.29, 0.717) is 32.7 Å². The highest BCUT2D eigenvalue weighted by molar-refractivity contribution is 7.88. The summed E-state index contributed by atoms with van der Waals surface area (Å²) in [6, 6.07) is 9.52. The molecule has 2 heterocycles. The fraction of sp³-hybridized carbons (Fsp3) is 0.444. The molecule has 1 aromatic carbocycles. The van der Waals surface area contributed by atoms with E-state index in [1.54, 1.807) is 15.8 Å². The minimum Gasteiger partial charge on any atom is -0.307 e. The van der Waals surface area contributed by atoms with Crippen molar-refractivity contribution in [3.63, 3.8) is 0 Å². The van der Waals surface area contributed by atoms with E-state index in [9.17, 15) is 13.2 Å². The second-order valence-electron chi connectivity index (χ2n) is 6.78. The van der Waals surface area contributed by atoms with Crippen molar-refractivity contribution < 1.29 is 13.2 Å². The largest absolute Gasteiger partial charge is 0.307 e. The van der Waals surface area contributed by atoms with Gasteiger partial charge in [0.1, 0.15) is 0 Å². The quantitative estimate of drug-likeness (QED) is 0.688. The van der Waals surface area contributed by atoms with Crippen LogP contribution < -0.4 is 4.90 Å². The third-order valence-electron chi connectivity index (χ3n) is 4.64. The predicted molar refractivity (Wildman–Crippen MR) is 104 cm³/mol. The van der Waals surface area contributed by atoms with Crippen molar-refractivity contribution in [2.24, 2.45) is 7.05 Å². The first-order valence-corrected chi connectivity index (χ1v) is 10.7. The van der Waals surface area contributed by atoms with Gasteiger partial charge in [-0.15, -0.1) is 0 Å². The predicted octanol–water partition coefficient (Wildman–Crippen LogP) is 0.530. The van der Waals surface area contributed by atoms with Crippen LogP contribution in [0.5, 0.6) is 0 Å². The first kappa shape index (κ1) is 19.5. The van der Waals surface area contributed by atoms with Gasteiger partial charge in [0.25, 0.3) is 0 Å². The van der Waals surface area contributed by atoms with Crippen LogP contribution in [0.3, 0.4) is 0 Å². The molecule has 1 amide bonds. The molecule has 27 heavy (non-hydrogen) atoms. The molecule has 2 aromatic rings. The lowest BCUT2D eigenvalue weighted by Gasteiger charge is -2.34. The van der Waals surface area contributed by atoms with Crippen LogP contribution in [0.15, 0.2) is 42.7 Å². The molecule has 0 atom stereocenters. The molecule has 1 aliphatic rings. The Morgan fingerprint density at radius 3 is 2.52 bits per heavy atom. The smallest absolute Gasteiger partial charge is 0.241 e. The van der Waals surface area contributed by atoms with Gasteiger partial charge in [-0.1, -0.05) is 30.3 Å². The highest BCUT2D eigenvalue weighted by Crippen LogP contribution is 2.16. The lowest BCUT2D eigenvalue weighted by molar-refractivity contribution is -0.121. The number of carbonyl (C=O) groups excluding carboxylic acids is 1. The molecule has 0 spiro atoms. The summed E-state index contributed by atoms with van der Waals surface area (Å²) in [5, 5.41) is 4.11. The number of sulfonamides is 1. The number of benzene rings is 1. The number of rotatable bonds is 7. The summed E-state index contributed by atoms with van der Waals surface area (Å²) in [6.07, 6.45) is 4.72. The van der Waals surface area contributed by atoms with Gasteiger partial charge in [-0.05, 0) is 5.56 Å². The Kier molecular flexibility index (Phi) is 5.93. The Bertz CT molecular complexity index is 881. The number of amides is 1. The summed E-state index contributed by atoms with van der Waals surface area (Å²) in [4.78, 5) is 16.2. The summed E-state index contributed by atoms with van der Waals surface area (Å²) in [6.45, 7) is 2.76. The van der Waals surface area contributed by atoms with Crippen LogP contribution in [-0.4, -0.2) is 72.3 Å². The van der Waals surface area contributed by atoms with Gasteiger partial charge in [-0.3, -0.25) is 14.4 Å². The number of carbonyl (C=O) groups is 1. The van der Waals surface area contributed by atoms with Crippen LogP contribution in [0.1, 0.15) is 5.56 Å². The topological polar surface area (TPSA) is 78.8 Å². The molecular formula is C18H25N5O3S. The van der Waals surface area contributed by atoms with Crippen LogP contribution >= 0.6 is 0 Å². The molecule has 0 aliphatic carbocycles. The minimum absolute atomic E-state index is 0.00298. The number of aromatic nitrogens is 2. The zero-order valence-corrected chi connectivity index (χ0v) is 16.5. The summed E-state index contributed by atoms with van der Waals surface area (Å²) < 4.78 is 27.4. The average molecular weight is 391 g/mol. The Hall–Kier alpha value is -2.23. The molecule has 1 saturated heterocycles. The van der Waals surface area contributed by atoms with E-state index in [1.165, 1.54) is 10.6 Å². The highest BCUT2D eigenvalue weighted by atomic mass is 32.2. The molecule has 1 fully saturated rings. The first-order chi connectivity index (χ1) is 12.8. The van der Waals surface area contributed by atoms with E-state index in [4.69, 9.17) is 0 Å². The Morgan fingerprint density at radius 1 is 1.19 bits per heavy atom. The molecule has 0 saturated carbocycles. The summed E-state index contributed by atoms with van der Waals surface area (Å²) in [5.74, 6) is 0.00298. The van der Waals surface area contributed by atoms with Gasteiger partial charge in [0.15, 0.2) is 0 Å². The van der Waals surface area contributed by atoms with Crippen molar-refractivity contribution in [2.75, 3.05) is 43.9 Å². The van der Waals surface area contributed by atoms with Crippen molar-refractivity contribution in [3.8, 4) is 0 Å². The molecule has 0 N–H and O–H groups in total. The summed E-state index contributed by atoms with van der Waals surface area (Å²) in [5.41, 5.74) is 1.74. The van der Waals surface area contributed by atoms with E-state index < -0.39 is 10.0 Å². The molecular weight excluding hydrogens is 366 g/mol. The van der Waals surface area contributed by atoms with Crippen LogP contribution in [0.2, 0.25) is 0 Å². The number of piperazine rings is 1. The van der Waals surface area contributed by atoms with Crippen LogP contribution in [0, 0.1) is 0 Å². The van der Waals surface area contributed by atoms with Gasteiger partial charge in [0.05, 0.1) is 24.7 Å². The maximum atomic E-state index is 12.5. The van der Waals surface area contributed by atoms with E-state index in [1.807, 2.05) is 48.5 Å². The zero-order valence-electron chi connectivity index (χ0n) is 15.7. The van der Waals surface area contributed by atoms with Gasteiger partial charge in [-0.2, -0.15) is 9.40 Å². The van der Waals surface area contributed by atoms with Gasteiger partial charge in [0.2, 0.25) is 15.9 Å². The minimum atomic E-state index is -3.33. The van der Waals surface area contributed by atoms with Gasteiger partial charge < -0.3 is 4.90 Å². The number of aryl methyl sites for hydroxylation is 1. The van der Waals surface area contributed by atoms with Crippen molar-refractivity contribution in [1.29, 1.82) is 0 Å². The second kappa shape index (κ2) is 8.20. The van der Waals surface area contributed by atoms with Gasteiger partial charge in [-0.25, -0.2) is 8.42 Å². The van der Waals surface area contributed by atoms with E-state index >= 15 is 0 Å². The average Bonchev–Trinajstić information content (AvgIpc) is 3.04. The third kappa shape index (κ3) is 5.15. The monoisotopic (exact) mass is 391 g/mol. The van der Waals surface area contributed by atoms with Crippen LogP contribution in [0.25, 0.3) is 0 Å². The molecule has 0 unspecified atom stereocenters. The number of anilines is 1. The zero-order chi connectivity index (χ0) is 19.4. The molecule has 1 aromatic heterocycles. The lowest BCUT2D eigenvalue weighted by atomic mass is 10.2. The van der Waals surface area contributed by atoms with Crippen molar-refractivity contribution >= 4 is 21.6 Å². The number of nitrogens with zero attached hydrogens (tertiary/aromatic N) is 5. The Labute approximate surface area is 160 Å². The lowest BCUT2D eigenvalue weighted by Crippen LogP contribution is -2.52. The molecule has 0 radical (unpaired) electrons. The van der Waals surface area contributed by atoms with Gasteiger partial charge >= 0.3 is 0 Å². The van der Waals surface area contributed by atoms with Gasteiger partial charge in [0, 0.05) is 46.0 Å². The third-order valence-corrected chi connectivity index (χ3v) is 5.89. The fourth-order valence-corrected chi connectivity index (χ4v) is 3.93. The Morgan fingerprint density at radius 2 is 1.93 bits per heavy atom. The number of hydrogen-bond donors (Lipinski definition) is 0. The molecule has 8 nitrogen and oxygen atoms in total. The Balaban J connectivity index is 1.57. The summed E-state index contributed by atoms with van der Waals surface area (Å²) >= 11 is 0. The fourth-order valence-electron chi connectivity index (χ4n) is 3.14. The molecule has 9 heteroatoms. The normalized spacial score (nSPS) is 16.3. The molecule has 146 valence electrons. The first-order valence-electron chi connectivity index (χ1n) is 8.83. The van der Waals surface area contributed by atoms with Crippen LogP contribution in [0.4, 0.5) is 5.69 Å². The second-order valence-corrected chi connectivity index (χ2v) is 8.76. The van der Waals surface area contributed by atoms with E-state index in [-0.39, 0.29) is 12.5 Å². The molecule has 3 rings (SSSR count). The standard InChI is InChI=1S/C18H25N5O3S/c1-20-14-17(12-19-20)23-11-9-21(15-18(23)24)8-10-22(27(2,25)26)13-16-6-4-3-5-7-16/h3-7,12,14H,8-11,13,15H2,1-2H3. The van der Waals surface area contributed by atoms with Crippen molar-refractivity contribution in [2.45, 2.75) is 6.54 Å². The summed E-state index contributed by atoms with van der Waals surface area (Å²) in [7, 11) is -1.51.